The fourth-order valence-corrected chi connectivity index (χ4v) is 10.0. The number of phenols is 1. The van der Waals surface area contributed by atoms with Crippen molar-refractivity contribution in [2.24, 2.45) is 28.9 Å². The van der Waals surface area contributed by atoms with Crippen LogP contribution in [0.5, 0.6) is 5.75 Å². The van der Waals surface area contributed by atoms with E-state index in [4.69, 9.17) is 22.9 Å². The molecule has 2 fully saturated rings. The molecule has 2 saturated heterocycles. The SMILES string of the molecule is CC(C)C[C@H](NC(=O)[C@@H]1CCCN1C(=O)[C@@H]1CSSC[C@H](N)C(=O)N[C@@H](Cc2ccc(O)cc2)C(=O)N[C@@H](Cc2ccccc2)C(=O)N[C@@H](CCC(N)=O)C(=O)N[C@@H](CC(N)=O)C(=O)N1)C(=O)NCC(N)=O. The van der Waals surface area contributed by atoms with Gasteiger partial charge in [0.1, 0.15) is 48.0 Å². The molecule has 2 aliphatic heterocycles. The molecule has 26 heteroatoms. The Bertz CT molecular complexity index is 2290. The summed E-state index contributed by atoms with van der Waals surface area (Å²) >= 11 is 0. The van der Waals surface area contributed by atoms with E-state index in [1.165, 1.54) is 29.2 Å². The van der Waals surface area contributed by atoms with Gasteiger partial charge in [-0.1, -0.05) is 77.9 Å². The summed E-state index contributed by atoms with van der Waals surface area (Å²) in [5.41, 5.74) is 23.6. The normalized spacial score (nSPS) is 23.2. The number of nitrogens with zero attached hydrogens (tertiary/aromatic N) is 1. The third-order valence-electron chi connectivity index (χ3n) is 11.4. The number of primary amides is 3. The lowest BCUT2D eigenvalue weighted by atomic mass is 10.0. The Morgan fingerprint density at radius 1 is 0.708 bits per heavy atom. The molecular weight excluding hydrogens is 977 g/mol. The number of nitrogens with two attached hydrogens (primary N) is 4. The molecule has 16 N–H and O–H groups in total. The lowest BCUT2D eigenvalue weighted by Gasteiger charge is -2.31. The molecule has 0 radical (unpaired) electrons. The molecule has 0 unspecified atom stereocenters. The summed E-state index contributed by atoms with van der Waals surface area (Å²) < 4.78 is 0. The van der Waals surface area contributed by atoms with Crippen LogP contribution in [0.15, 0.2) is 54.6 Å². The summed E-state index contributed by atoms with van der Waals surface area (Å²) in [5, 5.41) is 27.8. The van der Waals surface area contributed by atoms with Gasteiger partial charge in [0.15, 0.2) is 0 Å². The highest BCUT2D eigenvalue weighted by Crippen LogP contribution is 2.26. The minimum absolute atomic E-state index is 0.0434. The topological polar surface area (TPSA) is 400 Å². The van der Waals surface area contributed by atoms with Gasteiger partial charge in [-0.15, -0.1) is 0 Å². The molecule has 2 aliphatic rings. The van der Waals surface area contributed by atoms with Crippen molar-refractivity contribution in [3.63, 3.8) is 0 Å². The van der Waals surface area contributed by atoms with Crippen molar-refractivity contribution in [1.29, 1.82) is 0 Å². The number of likely N-dealkylation sites (tertiary alicyclic amines) is 1. The van der Waals surface area contributed by atoms with Crippen LogP contribution in [0.4, 0.5) is 0 Å². The molecule has 0 spiro atoms. The monoisotopic (exact) mass is 1040 g/mol. The summed E-state index contributed by atoms with van der Waals surface area (Å²) in [6, 6.07) is 3.19. The fraction of sp³-hybridized carbons (Fsp3) is 0.500. The number of carbonyl (C=O) groups excluding carboxylic acids is 11. The van der Waals surface area contributed by atoms with E-state index >= 15 is 0 Å². The smallest absolute Gasteiger partial charge is 0.246 e. The van der Waals surface area contributed by atoms with Crippen LogP contribution in [-0.2, 0) is 65.6 Å². The van der Waals surface area contributed by atoms with Gasteiger partial charge in [-0.2, -0.15) is 0 Å². The summed E-state index contributed by atoms with van der Waals surface area (Å²) in [5.74, 6) is -10.0. The van der Waals surface area contributed by atoms with Crippen molar-refractivity contribution in [1.82, 2.24) is 42.1 Å². The molecule has 0 aliphatic carbocycles. The second kappa shape index (κ2) is 28.2. The Morgan fingerprint density at radius 3 is 1.86 bits per heavy atom. The van der Waals surface area contributed by atoms with Crippen molar-refractivity contribution in [3.8, 4) is 5.75 Å². The van der Waals surface area contributed by atoms with E-state index in [0.717, 1.165) is 21.6 Å². The van der Waals surface area contributed by atoms with Crippen molar-refractivity contribution in [3.05, 3.63) is 65.7 Å². The van der Waals surface area contributed by atoms with Gasteiger partial charge >= 0.3 is 0 Å². The molecule has 2 heterocycles. The minimum Gasteiger partial charge on any atom is -0.508 e. The molecule has 72 heavy (non-hydrogen) atoms. The molecule has 8 atom stereocenters. The average molecular weight is 1040 g/mol. The van der Waals surface area contributed by atoms with Gasteiger partial charge in [-0.3, -0.25) is 52.7 Å². The first-order chi connectivity index (χ1) is 34.1. The minimum atomic E-state index is -1.77. The van der Waals surface area contributed by atoms with E-state index in [2.05, 4.69) is 37.2 Å². The van der Waals surface area contributed by atoms with Gasteiger partial charge in [0, 0.05) is 37.3 Å². The lowest BCUT2D eigenvalue weighted by Crippen LogP contribution is -2.61. The number of hydrogen-bond donors (Lipinski definition) is 12. The van der Waals surface area contributed by atoms with Gasteiger partial charge in [0.2, 0.25) is 65.0 Å². The molecule has 24 nitrogen and oxygen atoms in total. The number of amides is 11. The van der Waals surface area contributed by atoms with E-state index in [1.807, 2.05) is 13.8 Å². The summed E-state index contributed by atoms with van der Waals surface area (Å²) in [6.07, 6.45) is -1.26. The number of aromatic hydroxyl groups is 1. The molecule has 0 aromatic heterocycles. The Labute approximate surface area is 423 Å². The molecule has 2 aromatic carbocycles. The Kier molecular flexibility index (Phi) is 22.6. The second-order valence-corrected chi connectivity index (χ2v) is 20.3. The summed E-state index contributed by atoms with van der Waals surface area (Å²) in [6.45, 7) is 3.20. The Morgan fingerprint density at radius 2 is 1.26 bits per heavy atom. The first kappa shape index (κ1) is 57.6. The predicted octanol–water partition coefficient (Wildman–Crippen LogP) is -3.41. The van der Waals surface area contributed by atoms with Gasteiger partial charge < -0.3 is 70.2 Å². The Hall–Kier alpha value is -6.93. The van der Waals surface area contributed by atoms with Gasteiger partial charge in [0.25, 0.3) is 0 Å². The number of nitrogens with one attached hydrogen (secondary N) is 7. The van der Waals surface area contributed by atoms with Crippen LogP contribution in [0.2, 0.25) is 0 Å². The van der Waals surface area contributed by atoms with Gasteiger partial charge in [0.05, 0.1) is 19.0 Å². The highest BCUT2D eigenvalue weighted by Gasteiger charge is 2.41. The van der Waals surface area contributed by atoms with Gasteiger partial charge in [-0.25, -0.2) is 0 Å². The maximum atomic E-state index is 14.5. The van der Waals surface area contributed by atoms with E-state index in [-0.39, 0.29) is 55.4 Å². The average Bonchev–Trinajstić information content (AvgIpc) is 3.82. The van der Waals surface area contributed by atoms with E-state index in [1.54, 1.807) is 30.3 Å². The van der Waals surface area contributed by atoms with Crippen LogP contribution in [0, 0.1) is 5.92 Å². The standard InChI is InChI=1S/C46H64N12O12S2/c1-24(2)17-30(40(64)51-21-38(50)62)56-45(69)35-9-6-16-58(35)46(70)34-23-72-71-22-28(47)39(63)53-31(19-26-10-12-27(59)13-11-26)43(67)54-32(18-25-7-4-3-5-8-25)42(66)52-29(14-15-36(48)60)41(65)55-33(20-37(49)61)44(68)57-34/h3-5,7-8,10-13,24,28-35,59H,6,9,14-23,47H2,1-2H3,(H2,48,60)(H2,49,61)(H2,50,62)(H,51,64)(H,52,66)(H,53,63)(H,54,67)(H,55,65)(H,56,69)(H,57,68)/t28-,29-,30-,31-,32-,33-,34-,35-/m0/s1. The fourth-order valence-electron chi connectivity index (χ4n) is 7.73. The molecule has 4 rings (SSSR count). The van der Waals surface area contributed by atoms with E-state index in [9.17, 15) is 57.8 Å². The van der Waals surface area contributed by atoms with Crippen LogP contribution in [0.3, 0.4) is 0 Å². The van der Waals surface area contributed by atoms with Crippen molar-refractivity contribution >= 4 is 86.6 Å². The molecular formula is C46H64N12O12S2. The van der Waals surface area contributed by atoms with Crippen LogP contribution in [0.1, 0.15) is 63.5 Å². The highest BCUT2D eigenvalue weighted by atomic mass is 33.1. The van der Waals surface area contributed by atoms with Crippen LogP contribution in [0.25, 0.3) is 0 Å². The van der Waals surface area contributed by atoms with Crippen molar-refractivity contribution in [2.45, 2.75) is 114 Å². The molecule has 392 valence electrons. The zero-order valence-corrected chi connectivity index (χ0v) is 41.5. The molecule has 0 bridgehead atoms. The molecule has 0 saturated carbocycles. The van der Waals surface area contributed by atoms with Crippen LogP contribution >= 0.6 is 21.6 Å². The number of hydrogen-bond acceptors (Lipinski definition) is 15. The zero-order valence-electron chi connectivity index (χ0n) is 39.9. The van der Waals surface area contributed by atoms with E-state index < -0.39 is 139 Å². The number of rotatable bonds is 17. The van der Waals surface area contributed by atoms with Crippen molar-refractivity contribution in [2.75, 3.05) is 24.6 Å². The Balaban J connectivity index is 1.72. The van der Waals surface area contributed by atoms with Crippen LogP contribution in [-0.4, -0.2) is 148 Å². The van der Waals surface area contributed by atoms with Crippen molar-refractivity contribution < 1.29 is 57.8 Å². The first-order valence-electron chi connectivity index (χ1n) is 23.2. The van der Waals surface area contributed by atoms with E-state index in [0.29, 0.717) is 17.5 Å². The quantitative estimate of drug-likeness (QED) is 0.0687. The third kappa shape index (κ3) is 18.7. The second-order valence-electron chi connectivity index (χ2n) is 17.8. The van der Waals surface area contributed by atoms with Crippen LogP contribution < -0.4 is 60.2 Å². The largest absolute Gasteiger partial charge is 0.508 e. The number of phenolic OH excluding ortho intramolecular Hbond substituents is 1. The molecule has 2 aromatic rings. The summed E-state index contributed by atoms with van der Waals surface area (Å²) in [4.78, 5) is 149. The number of carbonyl (C=O) groups is 11. The third-order valence-corrected chi connectivity index (χ3v) is 13.9. The zero-order chi connectivity index (χ0) is 53.1. The molecule has 11 amide bonds. The lowest BCUT2D eigenvalue weighted by molar-refractivity contribution is -0.142. The van der Waals surface area contributed by atoms with Gasteiger partial charge in [-0.05, 0) is 54.9 Å². The number of benzene rings is 2. The summed E-state index contributed by atoms with van der Waals surface area (Å²) in [7, 11) is 2.04. The maximum Gasteiger partial charge on any atom is 0.246 e. The maximum absolute atomic E-state index is 14.5. The predicted molar refractivity (Wildman–Crippen MR) is 265 cm³/mol. The highest BCUT2D eigenvalue weighted by molar-refractivity contribution is 8.76. The first-order valence-corrected chi connectivity index (χ1v) is 25.7.